The first-order valence-electron chi connectivity index (χ1n) is 1.19. The lowest BCUT2D eigenvalue weighted by Crippen LogP contribution is -1.53. The van der Waals surface area contributed by atoms with Gasteiger partial charge in [-0.3, -0.25) is 0 Å². The van der Waals surface area contributed by atoms with Crippen LogP contribution in [0.4, 0.5) is 0 Å². The van der Waals surface area contributed by atoms with Crippen molar-refractivity contribution in [2.24, 2.45) is 0 Å². The minimum Gasteiger partial charge on any atom is -0.412 e. The summed E-state index contributed by atoms with van der Waals surface area (Å²) in [5, 5.41) is 6.98. The van der Waals surface area contributed by atoms with Gasteiger partial charge in [-0.05, 0) is 0 Å². The smallest absolute Gasteiger partial charge is 0.103 e. The van der Waals surface area contributed by atoms with E-state index in [0.717, 1.165) is 0 Å². The minimum absolute atomic E-state index is 0. The van der Waals surface area contributed by atoms with Crippen LogP contribution in [-0.2, 0) is 0 Å². The highest BCUT2D eigenvalue weighted by Gasteiger charge is 1.60. The predicted octanol–water partition coefficient (Wildman–Crippen LogP) is 0.135. The van der Waals surface area contributed by atoms with E-state index >= 15 is 0 Å². The lowest BCUT2D eigenvalue weighted by molar-refractivity contribution is 0.824. The van der Waals surface area contributed by atoms with Crippen molar-refractivity contribution in [1.29, 1.82) is 0 Å². The highest BCUT2D eigenvalue weighted by atomic mass is 35.5. The Hall–Kier alpha value is -0.190. The Labute approximate surface area is 51.1 Å². The fraction of sp³-hybridized carbons (Fsp3) is 0. The molecule has 0 saturated carbocycles. The van der Waals surface area contributed by atoms with Gasteiger partial charge in [0.2, 0.25) is 0 Å². The third-order valence-corrected chi connectivity index (χ3v) is 0.715. The molecule has 0 amide bonds. The molecule has 0 bridgehead atoms. The molecule has 2 N–H and O–H groups in total. The van der Waals surface area contributed by atoms with Crippen LogP contribution in [-0.4, -0.2) is 15.7 Å². The lowest BCUT2D eigenvalue weighted by Gasteiger charge is -1.41. The summed E-state index contributed by atoms with van der Waals surface area (Å²) in [6, 6.07) is 0. The van der Waals surface area contributed by atoms with Crippen molar-refractivity contribution in [2.75, 3.05) is 0 Å². The van der Waals surface area contributed by atoms with Gasteiger partial charge in [-0.1, -0.05) is 0 Å². The topological polar surface area (TPSA) is 57.3 Å². The van der Waals surface area contributed by atoms with Gasteiger partial charge in [0.1, 0.15) is 11.0 Å². The van der Waals surface area contributed by atoms with Gasteiger partial charge in [0.25, 0.3) is 0 Å². The summed E-state index contributed by atoms with van der Waals surface area (Å²) in [7, 11) is 0. The van der Waals surface area contributed by atoms with Crippen LogP contribution in [0.2, 0.25) is 0 Å². The zero-order valence-corrected chi connectivity index (χ0v) is 5.00. The molecule has 0 atom stereocenters. The molecule has 0 aromatic carbocycles. The highest BCUT2D eigenvalue weighted by molar-refractivity contribution is 7.07. The maximum atomic E-state index is 3.49. The molecule has 0 unspecified atom stereocenters. The SMILES string of the molecule is Cl.O.c1nncs1. The lowest BCUT2D eigenvalue weighted by atomic mass is 11.6. The first-order chi connectivity index (χ1) is 2.50. The highest BCUT2D eigenvalue weighted by Crippen LogP contribution is 1.80. The van der Waals surface area contributed by atoms with Crippen molar-refractivity contribution in [3.05, 3.63) is 11.0 Å². The van der Waals surface area contributed by atoms with Crippen molar-refractivity contribution in [2.45, 2.75) is 0 Å². The Morgan fingerprint density at radius 3 is 1.71 bits per heavy atom. The van der Waals surface area contributed by atoms with Crippen LogP contribution >= 0.6 is 23.7 Å². The predicted molar refractivity (Wildman–Crippen MR) is 30.8 cm³/mol. The number of hydrogen-bond donors (Lipinski definition) is 0. The van der Waals surface area contributed by atoms with E-state index in [1.165, 1.54) is 11.3 Å². The van der Waals surface area contributed by atoms with Crippen molar-refractivity contribution in [3.8, 4) is 0 Å². The zero-order valence-electron chi connectivity index (χ0n) is 3.37. The molecule has 5 heteroatoms. The van der Waals surface area contributed by atoms with Crippen LogP contribution in [0.1, 0.15) is 0 Å². The zero-order chi connectivity index (χ0) is 3.54. The molecule has 1 heterocycles. The van der Waals surface area contributed by atoms with Crippen LogP contribution < -0.4 is 0 Å². The van der Waals surface area contributed by atoms with E-state index in [1.54, 1.807) is 11.0 Å². The minimum atomic E-state index is 0. The molecular weight excluding hydrogens is 136 g/mol. The van der Waals surface area contributed by atoms with Crippen LogP contribution in [0.15, 0.2) is 11.0 Å². The van der Waals surface area contributed by atoms with Gasteiger partial charge in [-0.2, -0.15) is 0 Å². The first kappa shape index (κ1) is 9.94. The van der Waals surface area contributed by atoms with Gasteiger partial charge in [0.15, 0.2) is 0 Å². The first-order valence-corrected chi connectivity index (χ1v) is 2.13. The van der Waals surface area contributed by atoms with E-state index < -0.39 is 0 Å². The molecule has 1 aromatic heterocycles. The van der Waals surface area contributed by atoms with E-state index in [-0.39, 0.29) is 17.9 Å². The van der Waals surface area contributed by atoms with Crippen LogP contribution in [0.25, 0.3) is 0 Å². The van der Waals surface area contributed by atoms with E-state index in [1.807, 2.05) is 0 Å². The maximum absolute atomic E-state index is 3.49. The summed E-state index contributed by atoms with van der Waals surface area (Å²) in [5.74, 6) is 0. The number of halogens is 1. The average molecular weight is 141 g/mol. The molecular formula is C2H5ClN2OS. The van der Waals surface area contributed by atoms with Crippen molar-refractivity contribution >= 4 is 23.7 Å². The van der Waals surface area contributed by atoms with E-state index in [2.05, 4.69) is 10.2 Å². The van der Waals surface area contributed by atoms with E-state index in [0.29, 0.717) is 0 Å². The van der Waals surface area contributed by atoms with Gasteiger partial charge in [0.05, 0.1) is 0 Å². The summed E-state index contributed by atoms with van der Waals surface area (Å²) >= 11 is 1.49. The average Bonchev–Trinajstić information content (AvgIpc) is 1.76. The molecule has 0 spiro atoms. The molecule has 0 aliphatic rings. The van der Waals surface area contributed by atoms with Crippen molar-refractivity contribution < 1.29 is 5.48 Å². The number of hydrogen-bond acceptors (Lipinski definition) is 3. The summed E-state index contributed by atoms with van der Waals surface area (Å²) in [6.45, 7) is 0. The molecule has 0 saturated heterocycles. The quantitative estimate of drug-likeness (QED) is 0.515. The Kier molecular flexibility index (Phi) is 8.25. The number of rotatable bonds is 0. The van der Waals surface area contributed by atoms with E-state index in [9.17, 15) is 0 Å². The van der Waals surface area contributed by atoms with Gasteiger partial charge in [0, 0.05) is 0 Å². The fourth-order valence-corrected chi connectivity index (χ4v) is 0.408. The molecule has 0 radical (unpaired) electrons. The second-order valence-corrected chi connectivity index (χ2v) is 1.27. The summed E-state index contributed by atoms with van der Waals surface area (Å²) in [4.78, 5) is 0. The number of aromatic nitrogens is 2. The molecule has 0 aliphatic carbocycles. The second-order valence-electron chi connectivity index (χ2n) is 0.578. The summed E-state index contributed by atoms with van der Waals surface area (Å²) in [6.07, 6.45) is 0. The third kappa shape index (κ3) is 3.65. The molecule has 1 rings (SSSR count). The number of nitrogens with zero attached hydrogens (tertiary/aromatic N) is 2. The maximum Gasteiger partial charge on any atom is 0.103 e. The molecule has 3 nitrogen and oxygen atoms in total. The largest absolute Gasteiger partial charge is 0.412 e. The Bertz CT molecular complexity index is 72.2. The van der Waals surface area contributed by atoms with Crippen molar-refractivity contribution in [3.63, 3.8) is 0 Å². The van der Waals surface area contributed by atoms with Gasteiger partial charge < -0.3 is 5.48 Å². The Balaban J connectivity index is 0. The molecule has 0 fully saturated rings. The standard InChI is InChI=1S/C2H2N2S.ClH.H2O/c1-3-4-2-5-1;;/h1-2H;1H;1H2. The van der Waals surface area contributed by atoms with Crippen LogP contribution in [0, 0.1) is 0 Å². The van der Waals surface area contributed by atoms with Gasteiger partial charge >= 0.3 is 0 Å². The normalized spacial score (nSPS) is 5.71. The second kappa shape index (κ2) is 5.81. The van der Waals surface area contributed by atoms with Gasteiger partial charge in [-0.15, -0.1) is 33.9 Å². The van der Waals surface area contributed by atoms with Gasteiger partial charge in [-0.25, -0.2) is 0 Å². The van der Waals surface area contributed by atoms with E-state index in [4.69, 9.17) is 0 Å². The molecule has 0 aliphatic heterocycles. The monoisotopic (exact) mass is 140 g/mol. The van der Waals surface area contributed by atoms with Crippen molar-refractivity contribution in [1.82, 2.24) is 10.2 Å². The third-order valence-electron chi connectivity index (χ3n) is 0.283. The molecule has 7 heavy (non-hydrogen) atoms. The summed E-state index contributed by atoms with van der Waals surface area (Å²) < 4.78 is 0. The fourth-order valence-electron chi connectivity index (χ4n) is 0.136. The summed E-state index contributed by atoms with van der Waals surface area (Å²) in [5.41, 5.74) is 3.36. The Morgan fingerprint density at radius 2 is 1.57 bits per heavy atom. The Morgan fingerprint density at radius 1 is 1.14 bits per heavy atom. The molecule has 1 aromatic rings. The van der Waals surface area contributed by atoms with Crippen LogP contribution in [0.3, 0.4) is 0 Å². The van der Waals surface area contributed by atoms with Crippen LogP contribution in [0.5, 0.6) is 0 Å². The molecule has 42 valence electrons.